The molecule has 2 amide bonds. The van der Waals surface area contributed by atoms with Crippen LogP contribution < -0.4 is 9.62 Å². The van der Waals surface area contributed by atoms with Crippen LogP contribution in [0.3, 0.4) is 0 Å². The van der Waals surface area contributed by atoms with E-state index in [1.165, 1.54) is 29.2 Å². The Morgan fingerprint density at radius 1 is 0.971 bits per heavy atom. The quantitative estimate of drug-likeness (QED) is 0.384. The van der Waals surface area contributed by atoms with E-state index in [0.717, 1.165) is 17.0 Å². The van der Waals surface area contributed by atoms with Gasteiger partial charge in [-0.15, -0.1) is 0 Å². The fraction of sp³-hybridized carbons (Fsp3) is 0.391. The Kier molecular flexibility index (Phi) is 11.0. The molecule has 0 saturated carbocycles. The molecule has 1 atom stereocenters. The maximum absolute atomic E-state index is 13.6. The molecule has 0 radical (unpaired) electrons. The number of hydrogen-bond donors (Lipinski definition) is 1. The molecule has 0 aliphatic rings. The number of amides is 2. The van der Waals surface area contributed by atoms with E-state index in [9.17, 15) is 18.0 Å². The first kappa shape index (κ1) is 29.5. The highest BCUT2D eigenvalue weighted by atomic mass is 35.5. The van der Waals surface area contributed by atoms with Gasteiger partial charge in [0.05, 0.1) is 22.0 Å². The van der Waals surface area contributed by atoms with Crippen LogP contribution >= 0.6 is 46.4 Å². The summed E-state index contributed by atoms with van der Waals surface area (Å²) in [5, 5.41) is 3.94. The molecule has 0 heterocycles. The van der Waals surface area contributed by atoms with Crippen molar-refractivity contribution in [2.24, 2.45) is 0 Å². The molecular formula is C23H27Cl4N3O4S. The van der Waals surface area contributed by atoms with Gasteiger partial charge in [-0.1, -0.05) is 66.3 Å². The van der Waals surface area contributed by atoms with Crippen LogP contribution in [0.4, 0.5) is 5.69 Å². The Hall–Kier alpha value is -1.71. The van der Waals surface area contributed by atoms with Gasteiger partial charge in [-0.05, 0) is 48.7 Å². The van der Waals surface area contributed by atoms with E-state index >= 15 is 0 Å². The number of nitrogens with one attached hydrogen (secondary N) is 1. The van der Waals surface area contributed by atoms with E-state index in [4.69, 9.17) is 46.4 Å². The Balaban J connectivity index is 2.48. The first-order valence-corrected chi connectivity index (χ1v) is 14.2. The number of rotatable bonds is 11. The van der Waals surface area contributed by atoms with Crippen LogP contribution in [0.15, 0.2) is 36.4 Å². The second-order valence-electron chi connectivity index (χ2n) is 7.84. The lowest BCUT2D eigenvalue weighted by Gasteiger charge is -2.33. The van der Waals surface area contributed by atoms with E-state index in [-0.39, 0.29) is 28.2 Å². The molecule has 7 nitrogen and oxygen atoms in total. The van der Waals surface area contributed by atoms with Crippen molar-refractivity contribution in [1.29, 1.82) is 0 Å². The number of carbonyl (C=O) groups excluding carboxylic acids is 2. The highest BCUT2D eigenvalue weighted by Gasteiger charge is 2.32. The third-order valence-electron chi connectivity index (χ3n) is 5.16. The van der Waals surface area contributed by atoms with Crippen molar-refractivity contribution in [3.05, 3.63) is 62.1 Å². The Morgan fingerprint density at radius 3 is 2.20 bits per heavy atom. The maximum atomic E-state index is 13.6. The third kappa shape index (κ3) is 8.15. The van der Waals surface area contributed by atoms with Crippen molar-refractivity contribution in [2.45, 2.75) is 39.3 Å². The molecule has 0 fully saturated rings. The summed E-state index contributed by atoms with van der Waals surface area (Å²) in [6, 6.07) is 8.24. The second-order valence-corrected chi connectivity index (χ2v) is 11.4. The molecule has 0 unspecified atom stereocenters. The van der Waals surface area contributed by atoms with Gasteiger partial charge in [0.1, 0.15) is 12.6 Å². The van der Waals surface area contributed by atoms with Crippen molar-refractivity contribution in [3.63, 3.8) is 0 Å². The number of benzene rings is 2. The number of hydrogen-bond acceptors (Lipinski definition) is 4. The molecule has 35 heavy (non-hydrogen) atoms. The van der Waals surface area contributed by atoms with E-state index < -0.39 is 28.5 Å². The van der Waals surface area contributed by atoms with Gasteiger partial charge in [0.2, 0.25) is 21.8 Å². The van der Waals surface area contributed by atoms with Crippen LogP contribution in [0.2, 0.25) is 20.1 Å². The number of sulfonamides is 1. The zero-order valence-corrected chi connectivity index (χ0v) is 23.4. The maximum Gasteiger partial charge on any atom is 0.244 e. The van der Waals surface area contributed by atoms with Gasteiger partial charge in [-0.2, -0.15) is 0 Å². The number of halogens is 4. The summed E-state index contributed by atoms with van der Waals surface area (Å²) in [5.41, 5.74) is 0.731. The molecule has 192 valence electrons. The number of anilines is 1. The summed E-state index contributed by atoms with van der Waals surface area (Å²) in [4.78, 5) is 27.8. The minimum absolute atomic E-state index is 0.0220. The van der Waals surface area contributed by atoms with E-state index in [0.29, 0.717) is 28.6 Å². The van der Waals surface area contributed by atoms with Crippen molar-refractivity contribution in [1.82, 2.24) is 10.2 Å². The summed E-state index contributed by atoms with van der Waals surface area (Å²) in [7, 11) is -3.89. The normalized spacial score (nSPS) is 12.2. The average Bonchev–Trinajstić information content (AvgIpc) is 2.78. The molecule has 2 aromatic rings. The summed E-state index contributed by atoms with van der Waals surface area (Å²) >= 11 is 24.4. The predicted molar refractivity (Wildman–Crippen MR) is 143 cm³/mol. The molecule has 0 bridgehead atoms. The minimum Gasteiger partial charge on any atom is -0.354 e. The van der Waals surface area contributed by atoms with Gasteiger partial charge in [-0.3, -0.25) is 13.9 Å². The van der Waals surface area contributed by atoms with Gasteiger partial charge in [0, 0.05) is 23.1 Å². The minimum atomic E-state index is -3.89. The second kappa shape index (κ2) is 13.0. The number of carbonyl (C=O) groups is 2. The summed E-state index contributed by atoms with van der Waals surface area (Å²) in [6.07, 6.45) is 2.00. The molecule has 0 saturated heterocycles. The van der Waals surface area contributed by atoms with Crippen molar-refractivity contribution >= 4 is 73.9 Å². The molecule has 0 aliphatic carbocycles. The summed E-state index contributed by atoms with van der Waals surface area (Å²) < 4.78 is 26.2. The first-order chi connectivity index (χ1) is 16.4. The van der Waals surface area contributed by atoms with Gasteiger partial charge < -0.3 is 10.2 Å². The molecular weight excluding hydrogens is 556 g/mol. The Morgan fingerprint density at radius 2 is 1.66 bits per heavy atom. The van der Waals surface area contributed by atoms with Crippen LogP contribution in [0.25, 0.3) is 0 Å². The smallest absolute Gasteiger partial charge is 0.244 e. The lowest BCUT2D eigenvalue weighted by atomic mass is 10.1. The molecule has 12 heteroatoms. The van der Waals surface area contributed by atoms with Gasteiger partial charge >= 0.3 is 0 Å². The summed E-state index contributed by atoms with van der Waals surface area (Å²) in [6.45, 7) is 3.55. The van der Waals surface area contributed by atoms with Crippen LogP contribution in [-0.2, 0) is 26.2 Å². The van der Waals surface area contributed by atoms with E-state index in [2.05, 4.69) is 5.32 Å². The standard InChI is InChI=1S/C23H27Cl4N3O4S/c1-4-10-28-23(32)21(5-2)29(13-15-6-7-16(24)11-19(15)26)22(31)14-30(35(3,33)34)17-8-9-18(25)20(27)12-17/h6-9,11-12,21H,4-5,10,13-14H2,1-3H3,(H,28,32)/t21-/m1/s1. The van der Waals surface area contributed by atoms with E-state index in [1.54, 1.807) is 19.1 Å². The molecule has 0 aromatic heterocycles. The fourth-order valence-electron chi connectivity index (χ4n) is 3.37. The third-order valence-corrected chi connectivity index (χ3v) is 7.63. The van der Waals surface area contributed by atoms with Crippen molar-refractivity contribution < 1.29 is 18.0 Å². The highest BCUT2D eigenvalue weighted by Crippen LogP contribution is 2.29. The number of nitrogens with zero attached hydrogens (tertiary/aromatic N) is 2. The first-order valence-electron chi connectivity index (χ1n) is 10.8. The molecule has 0 spiro atoms. The molecule has 1 N–H and O–H groups in total. The zero-order chi connectivity index (χ0) is 26.3. The monoisotopic (exact) mass is 581 g/mol. The van der Waals surface area contributed by atoms with Crippen molar-refractivity contribution in [2.75, 3.05) is 23.7 Å². The summed E-state index contributed by atoms with van der Waals surface area (Å²) in [5.74, 6) is -0.931. The van der Waals surface area contributed by atoms with Gasteiger partial charge in [0.25, 0.3) is 0 Å². The Bertz CT molecular complexity index is 1180. The Labute approximate surface area is 226 Å². The lowest BCUT2D eigenvalue weighted by molar-refractivity contribution is -0.140. The fourth-order valence-corrected chi connectivity index (χ4v) is 4.97. The van der Waals surface area contributed by atoms with Crippen LogP contribution in [0.5, 0.6) is 0 Å². The molecule has 0 aliphatic heterocycles. The van der Waals surface area contributed by atoms with Gasteiger partial charge in [-0.25, -0.2) is 8.42 Å². The molecule has 2 rings (SSSR count). The van der Waals surface area contributed by atoms with E-state index in [1.807, 2.05) is 6.92 Å². The van der Waals surface area contributed by atoms with Crippen molar-refractivity contribution in [3.8, 4) is 0 Å². The SMILES string of the molecule is CCCNC(=O)[C@@H](CC)N(Cc1ccc(Cl)cc1Cl)C(=O)CN(c1ccc(Cl)c(Cl)c1)S(C)(=O)=O. The lowest BCUT2D eigenvalue weighted by Crippen LogP contribution is -2.52. The average molecular weight is 583 g/mol. The topological polar surface area (TPSA) is 86.8 Å². The highest BCUT2D eigenvalue weighted by molar-refractivity contribution is 7.92. The van der Waals surface area contributed by atoms with Crippen LogP contribution in [-0.4, -0.2) is 50.5 Å². The van der Waals surface area contributed by atoms with Gasteiger partial charge in [0.15, 0.2) is 0 Å². The molecule has 2 aromatic carbocycles. The predicted octanol–water partition coefficient (Wildman–Crippen LogP) is 5.40. The van der Waals surface area contributed by atoms with Crippen LogP contribution in [0.1, 0.15) is 32.3 Å². The van der Waals surface area contributed by atoms with Crippen LogP contribution in [0, 0.1) is 0 Å². The largest absolute Gasteiger partial charge is 0.354 e. The zero-order valence-electron chi connectivity index (χ0n) is 19.5.